The van der Waals surface area contributed by atoms with Crippen molar-refractivity contribution in [2.75, 3.05) is 6.61 Å². The largest absolute Gasteiger partial charge is 0.463 e. The van der Waals surface area contributed by atoms with Crippen LogP contribution in [0.5, 0.6) is 0 Å². The first kappa shape index (κ1) is 22.6. The maximum atomic E-state index is 12.3. The van der Waals surface area contributed by atoms with Gasteiger partial charge in [0.25, 0.3) is 0 Å². The molecule has 1 saturated heterocycles. The van der Waals surface area contributed by atoms with Gasteiger partial charge >= 0.3 is 11.9 Å². The van der Waals surface area contributed by atoms with Crippen LogP contribution >= 0.6 is 0 Å². The Kier molecular flexibility index (Phi) is 7.10. The lowest BCUT2D eigenvalue weighted by atomic mass is 9.71. The number of esters is 2. The third-order valence-corrected chi connectivity index (χ3v) is 6.12. The molecule has 1 aliphatic heterocycles. The minimum atomic E-state index is -0.988. The zero-order valence-corrected chi connectivity index (χ0v) is 17.9. The minimum Gasteiger partial charge on any atom is -0.463 e. The fraction of sp³-hybridized carbons (Fsp3) is 0.727. The molecule has 0 radical (unpaired) electrons. The molecule has 1 N–H and O–H groups in total. The third kappa shape index (κ3) is 5.03. The lowest BCUT2D eigenvalue weighted by Gasteiger charge is -2.52. The number of allylic oxidation sites excluding steroid dienone is 2. The molecule has 0 spiro atoms. The number of hydrogen-bond acceptors (Lipinski definition) is 6. The van der Waals surface area contributed by atoms with Crippen molar-refractivity contribution in [1.29, 1.82) is 0 Å². The lowest BCUT2D eigenvalue weighted by Crippen LogP contribution is -2.61. The Morgan fingerprint density at radius 3 is 2.57 bits per heavy atom. The van der Waals surface area contributed by atoms with Gasteiger partial charge in [0.1, 0.15) is 18.3 Å². The smallest absolute Gasteiger partial charge is 0.333 e. The summed E-state index contributed by atoms with van der Waals surface area (Å²) in [7, 11) is 0. The molecule has 1 fully saturated rings. The molecule has 1 aliphatic carbocycles. The molecule has 6 nitrogen and oxygen atoms in total. The average molecular weight is 395 g/mol. The van der Waals surface area contributed by atoms with E-state index in [1.54, 1.807) is 19.9 Å². The molecule has 6 heteroatoms. The van der Waals surface area contributed by atoms with Gasteiger partial charge in [-0.15, -0.1) is 0 Å². The minimum absolute atomic E-state index is 0.0115. The van der Waals surface area contributed by atoms with Crippen molar-refractivity contribution in [1.82, 2.24) is 0 Å². The van der Waals surface area contributed by atoms with Crippen LogP contribution in [0.25, 0.3) is 0 Å². The van der Waals surface area contributed by atoms with Crippen LogP contribution in [-0.2, 0) is 23.8 Å². The molecule has 0 saturated carbocycles. The Morgan fingerprint density at radius 1 is 1.32 bits per heavy atom. The van der Waals surface area contributed by atoms with Crippen LogP contribution in [0.15, 0.2) is 23.3 Å². The van der Waals surface area contributed by atoms with Gasteiger partial charge in [0.05, 0.1) is 11.7 Å². The topological polar surface area (TPSA) is 82.1 Å². The maximum absolute atomic E-state index is 12.3. The number of carbonyl (C=O) groups is 2. The molecule has 0 aromatic heterocycles. The summed E-state index contributed by atoms with van der Waals surface area (Å²) in [6.45, 7) is 10.6. The van der Waals surface area contributed by atoms with Gasteiger partial charge in [-0.25, -0.2) is 4.79 Å². The second-order valence-corrected chi connectivity index (χ2v) is 8.56. The van der Waals surface area contributed by atoms with Crippen molar-refractivity contribution in [3.05, 3.63) is 23.3 Å². The van der Waals surface area contributed by atoms with Gasteiger partial charge < -0.3 is 19.3 Å². The molecule has 2 rings (SSSR count). The first-order valence-corrected chi connectivity index (χ1v) is 10.0. The number of carbonyl (C=O) groups excluding carboxylic acids is 2. The monoisotopic (exact) mass is 394 g/mol. The summed E-state index contributed by atoms with van der Waals surface area (Å²) >= 11 is 0. The van der Waals surface area contributed by atoms with Crippen molar-refractivity contribution < 1.29 is 28.9 Å². The molecule has 0 aromatic rings. The van der Waals surface area contributed by atoms with Crippen molar-refractivity contribution in [2.24, 2.45) is 5.92 Å². The van der Waals surface area contributed by atoms with Crippen molar-refractivity contribution in [2.45, 2.75) is 90.6 Å². The van der Waals surface area contributed by atoms with E-state index in [1.807, 2.05) is 26.8 Å². The first-order chi connectivity index (χ1) is 13.0. The normalized spacial score (nSPS) is 36.5. The van der Waals surface area contributed by atoms with E-state index >= 15 is 0 Å². The van der Waals surface area contributed by atoms with Gasteiger partial charge in [0.15, 0.2) is 0 Å². The Labute approximate surface area is 167 Å². The summed E-state index contributed by atoms with van der Waals surface area (Å²) in [5.74, 6) is -0.880. The van der Waals surface area contributed by atoms with E-state index in [0.717, 1.165) is 12.8 Å². The van der Waals surface area contributed by atoms with Crippen LogP contribution in [-0.4, -0.2) is 47.1 Å². The zero-order valence-electron chi connectivity index (χ0n) is 17.9. The second-order valence-electron chi connectivity index (χ2n) is 8.56. The Balaban J connectivity index is 2.25. The summed E-state index contributed by atoms with van der Waals surface area (Å²) in [4.78, 5) is 23.7. The molecule has 1 heterocycles. The number of ether oxygens (including phenoxy) is 3. The number of rotatable bonds is 5. The Morgan fingerprint density at radius 2 is 2.00 bits per heavy atom. The van der Waals surface area contributed by atoms with Crippen molar-refractivity contribution in [3.63, 3.8) is 0 Å². The van der Waals surface area contributed by atoms with Crippen LogP contribution in [0.3, 0.4) is 0 Å². The van der Waals surface area contributed by atoms with Gasteiger partial charge in [0, 0.05) is 18.4 Å². The van der Waals surface area contributed by atoms with E-state index in [0.29, 0.717) is 18.4 Å². The highest BCUT2D eigenvalue weighted by molar-refractivity contribution is 5.87. The van der Waals surface area contributed by atoms with Gasteiger partial charge in [-0.1, -0.05) is 17.7 Å². The molecule has 0 bridgehead atoms. The average Bonchev–Trinajstić information content (AvgIpc) is 2.61. The molecule has 0 aromatic carbocycles. The van der Waals surface area contributed by atoms with Crippen LogP contribution in [0, 0.1) is 5.92 Å². The molecule has 2 aliphatic rings. The quantitative estimate of drug-likeness (QED) is 0.437. The highest BCUT2D eigenvalue weighted by atomic mass is 16.6. The van der Waals surface area contributed by atoms with E-state index in [9.17, 15) is 14.7 Å². The summed E-state index contributed by atoms with van der Waals surface area (Å²) in [6, 6.07) is 0. The van der Waals surface area contributed by atoms with Gasteiger partial charge in [-0.3, -0.25) is 4.79 Å². The van der Waals surface area contributed by atoms with Crippen LogP contribution in [0.2, 0.25) is 0 Å². The summed E-state index contributed by atoms with van der Waals surface area (Å²) in [6.07, 6.45) is 5.43. The van der Waals surface area contributed by atoms with E-state index in [-0.39, 0.29) is 12.5 Å². The fourth-order valence-corrected chi connectivity index (χ4v) is 4.24. The lowest BCUT2D eigenvalue weighted by molar-refractivity contribution is -0.265. The van der Waals surface area contributed by atoms with E-state index in [1.165, 1.54) is 12.5 Å². The molecule has 5 atom stereocenters. The molecule has 158 valence electrons. The summed E-state index contributed by atoms with van der Waals surface area (Å²) in [5.41, 5.74) is 0.105. The molecule has 5 unspecified atom stereocenters. The predicted octanol–water partition coefficient (Wildman–Crippen LogP) is 3.47. The third-order valence-electron chi connectivity index (χ3n) is 6.12. The number of hydrogen-bond donors (Lipinski definition) is 1. The van der Waals surface area contributed by atoms with E-state index < -0.39 is 35.3 Å². The standard InChI is InChI=1S/C22H34O6/c1-7-15(3)20(25)27-19-10-11-21(5,17-9-8-14(2)12-18(17)24)28-22(19,6)13-26-16(4)23/h7,12,17-19,24H,8-11,13H2,1-6H3. The van der Waals surface area contributed by atoms with Gasteiger partial charge in [0.2, 0.25) is 0 Å². The first-order valence-electron chi connectivity index (χ1n) is 10.0. The van der Waals surface area contributed by atoms with Crippen LogP contribution in [0.1, 0.15) is 67.2 Å². The highest BCUT2D eigenvalue weighted by Crippen LogP contribution is 2.45. The summed E-state index contributed by atoms with van der Waals surface area (Å²) in [5, 5.41) is 10.6. The van der Waals surface area contributed by atoms with E-state index in [2.05, 4.69) is 0 Å². The summed E-state index contributed by atoms with van der Waals surface area (Å²) < 4.78 is 17.5. The van der Waals surface area contributed by atoms with Crippen molar-refractivity contribution >= 4 is 11.9 Å². The van der Waals surface area contributed by atoms with E-state index in [4.69, 9.17) is 14.2 Å². The Hall–Kier alpha value is -1.66. The highest BCUT2D eigenvalue weighted by Gasteiger charge is 2.53. The SMILES string of the molecule is CC=C(C)C(=O)OC1CCC(C)(C2CCC(C)=CC2O)OC1(C)COC(C)=O. The number of aliphatic hydroxyl groups is 1. The van der Waals surface area contributed by atoms with Gasteiger partial charge in [-0.05, 0) is 60.3 Å². The zero-order chi connectivity index (χ0) is 21.1. The van der Waals surface area contributed by atoms with Crippen LogP contribution < -0.4 is 0 Å². The predicted molar refractivity (Wildman–Crippen MR) is 106 cm³/mol. The Bertz CT molecular complexity index is 666. The fourth-order valence-electron chi connectivity index (χ4n) is 4.24. The maximum Gasteiger partial charge on any atom is 0.333 e. The molecule has 0 amide bonds. The van der Waals surface area contributed by atoms with Gasteiger partial charge in [-0.2, -0.15) is 0 Å². The van der Waals surface area contributed by atoms with Crippen molar-refractivity contribution in [3.8, 4) is 0 Å². The second kappa shape index (κ2) is 8.78. The van der Waals surface area contributed by atoms with Crippen LogP contribution in [0.4, 0.5) is 0 Å². The number of aliphatic hydroxyl groups excluding tert-OH is 1. The molecule has 28 heavy (non-hydrogen) atoms. The molecular formula is C22H34O6. The molecular weight excluding hydrogens is 360 g/mol.